The lowest BCUT2D eigenvalue weighted by Crippen LogP contribution is -2.05. The van der Waals surface area contributed by atoms with Crippen LogP contribution >= 0.6 is 0 Å². The molecule has 0 bridgehead atoms. The molecule has 2 N–H and O–H groups in total. The van der Waals surface area contributed by atoms with E-state index in [9.17, 15) is 0 Å². The molecule has 1 aromatic rings. The number of rotatable bonds is 3. The lowest BCUT2D eigenvalue weighted by molar-refractivity contribution is 0.413. The molecule has 0 aromatic heterocycles. The second-order valence-electron chi connectivity index (χ2n) is 3.26. The first-order chi connectivity index (χ1) is 6.17. The summed E-state index contributed by atoms with van der Waals surface area (Å²) in [7, 11) is 1.68. The lowest BCUT2D eigenvalue weighted by atomic mass is 10.0. The monoisotopic (exact) mass is 179 g/mol. The summed E-state index contributed by atoms with van der Waals surface area (Å²) >= 11 is 0. The molecule has 0 radical (unpaired) electrons. The van der Waals surface area contributed by atoms with E-state index in [1.807, 2.05) is 19.1 Å². The van der Waals surface area contributed by atoms with Crippen molar-refractivity contribution < 1.29 is 4.74 Å². The zero-order chi connectivity index (χ0) is 9.84. The van der Waals surface area contributed by atoms with E-state index in [-0.39, 0.29) is 6.04 Å². The van der Waals surface area contributed by atoms with Gasteiger partial charge in [-0.25, -0.2) is 0 Å². The molecule has 13 heavy (non-hydrogen) atoms. The second kappa shape index (κ2) is 4.28. The molecular weight excluding hydrogens is 162 g/mol. The minimum atomic E-state index is 0.0698. The van der Waals surface area contributed by atoms with Crippen LogP contribution in [0.15, 0.2) is 18.2 Å². The van der Waals surface area contributed by atoms with Gasteiger partial charge in [-0.2, -0.15) is 0 Å². The molecule has 0 heterocycles. The quantitative estimate of drug-likeness (QED) is 0.772. The lowest BCUT2D eigenvalue weighted by Gasteiger charge is -2.10. The van der Waals surface area contributed by atoms with Crippen LogP contribution < -0.4 is 10.5 Å². The summed E-state index contributed by atoms with van der Waals surface area (Å²) in [6.07, 6.45) is 1.01. The van der Waals surface area contributed by atoms with Crippen molar-refractivity contribution in [3.8, 4) is 5.75 Å². The molecular formula is C11H17NO. The Morgan fingerprint density at radius 2 is 2.08 bits per heavy atom. The maximum Gasteiger partial charge on any atom is 0.119 e. The van der Waals surface area contributed by atoms with Crippen molar-refractivity contribution in [2.45, 2.75) is 26.3 Å². The van der Waals surface area contributed by atoms with Crippen molar-refractivity contribution in [3.05, 3.63) is 29.3 Å². The van der Waals surface area contributed by atoms with Crippen LogP contribution in [0.1, 0.15) is 31.0 Å². The summed E-state index contributed by atoms with van der Waals surface area (Å²) in [4.78, 5) is 0. The Labute approximate surface area is 79.7 Å². The number of hydrogen-bond donors (Lipinski definition) is 1. The smallest absolute Gasteiger partial charge is 0.119 e. The summed E-state index contributed by atoms with van der Waals surface area (Å²) in [5.41, 5.74) is 8.21. The Kier molecular flexibility index (Phi) is 3.32. The van der Waals surface area contributed by atoms with Gasteiger partial charge in [0, 0.05) is 6.04 Å². The first-order valence-corrected chi connectivity index (χ1v) is 4.60. The zero-order valence-electron chi connectivity index (χ0n) is 8.50. The van der Waals surface area contributed by atoms with Crippen LogP contribution in [0.5, 0.6) is 5.75 Å². The molecule has 0 amide bonds. The second-order valence-corrected chi connectivity index (χ2v) is 3.26. The standard InChI is InChI=1S/C11H17NO/c1-4-9-5-10(8(2)12)7-11(6-9)13-3/h5-8H,4,12H2,1-3H3. The highest BCUT2D eigenvalue weighted by Crippen LogP contribution is 2.20. The molecule has 0 spiro atoms. The van der Waals surface area contributed by atoms with Crippen LogP contribution in [0, 0.1) is 0 Å². The van der Waals surface area contributed by atoms with Crippen LogP contribution in [0.3, 0.4) is 0 Å². The van der Waals surface area contributed by atoms with Gasteiger partial charge in [0.1, 0.15) is 5.75 Å². The van der Waals surface area contributed by atoms with Crippen molar-refractivity contribution >= 4 is 0 Å². The fourth-order valence-electron chi connectivity index (χ4n) is 1.27. The maximum absolute atomic E-state index is 5.81. The fourth-order valence-corrected chi connectivity index (χ4v) is 1.27. The highest BCUT2D eigenvalue weighted by Gasteiger charge is 2.03. The third kappa shape index (κ3) is 2.46. The molecule has 1 rings (SSSR count). The van der Waals surface area contributed by atoms with Crippen LogP contribution in [-0.4, -0.2) is 7.11 Å². The van der Waals surface area contributed by atoms with Gasteiger partial charge < -0.3 is 10.5 Å². The summed E-state index contributed by atoms with van der Waals surface area (Å²) in [5, 5.41) is 0. The molecule has 0 aliphatic rings. The Morgan fingerprint density at radius 1 is 1.38 bits per heavy atom. The van der Waals surface area contributed by atoms with Crippen molar-refractivity contribution in [1.29, 1.82) is 0 Å². The largest absolute Gasteiger partial charge is 0.497 e. The highest BCUT2D eigenvalue weighted by atomic mass is 16.5. The average Bonchev–Trinajstić information content (AvgIpc) is 2.16. The Hall–Kier alpha value is -1.02. The molecule has 0 saturated carbocycles. The first-order valence-electron chi connectivity index (χ1n) is 4.60. The molecule has 0 aliphatic heterocycles. The molecule has 2 nitrogen and oxygen atoms in total. The van der Waals surface area contributed by atoms with E-state index in [1.54, 1.807) is 7.11 Å². The fraction of sp³-hybridized carbons (Fsp3) is 0.455. The topological polar surface area (TPSA) is 35.2 Å². The van der Waals surface area contributed by atoms with E-state index >= 15 is 0 Å². The molecule has 1 unspecified atom stereocenters. The number of ether oxygens (including phenoxy) is 1. The van der Waals surface area contributed by atoms with Crippen molar-refractivity contribution in [1.82, 2.24) is 0 Å². The van der Waals surface area contributed by atoms with Crippen molar-refractivity contribution in [3.63, 3.8) is 0 Å². The Bertz CT molecular complexity index is 259. The highest BCUT2D eigenvalue weighted by molar-refractivity contribution is 5.35. The summed E-state index contributed by atoms with van der Waals surface area (Å²) in [6, 6.07) is 6.24. The van der Waals surface area contributed by atoms with Gasteiger partial charge >= 0.3 is 0 Å². The predicted molar refractivity (Wildman–Crippen MR) is 55.0 cm³/mol. The van der Waals surface area contributed by atoms with E-state index in [4.69, 9.17) is 10.5 Å². The van der Waals surface area contributed by atoms with Gasteiger partial charge in [-0.1, -0.05) is 13.0 Å². The minimum absolute atomic E-state index is 0.0698. The third-order valence-electron chi connectivity index (χ3n) is 2.16. The van der Waals surface area contributed by atoms with E-state index in [0.29, 0.717) is 0 Å². The normalized spacial score (nSPS) is 12.6. The molecule has 0 aliphatic carbocycles. The number of aryl methyl sites for hydroxylation is 1. The number of nitrogens with two attached hydrogens (primary N) is 1. The van der Waals surface area contributed by atoms with Gasteiger partial charge in [0.05, 0.1) is 7.11 Å². The van der Waals surface area contributed by atoms with Gasteiger partial charge in [-0.05, 0) is 36.6 Å². The van der Waals surface area contributed by atoms with Gasteiger partial charge in [-0.3, -0.25) is 0 Å². The predicted octanol–water partition coefficient (Wildman–Crippen LogP) is 2.28. The summed E-state index contributed by atoms with van der Waals surface area (Å²) < 4.78 is 5.19. The first kappa shape index (κ1) is 10.1. The van der Waals surface area contributed by atoms with Crippen LogP contribution in [0.25, 0.3) is 0 Å². The zero-order valence-corrected chi connectivity index (χ0v) is 8.50. The van der Waals surface area contributed by atoms with Gasteiger partial charge in [0.25, 0.3) is 0 Å². The van der Waals surface area contributed by atoms with Gasteiger partial charge in [-0.15, -0.1) is 0 Å². The minimum Gasteiger partial charge on any atom is -0.497 e. The molecule has 1 aromatic carbocycles. The third-order valence-corrected chi connectivity index (χ3v) is 2.16. The molecule has 0 saturated heterocycles. The van der Waals surface area contributed by atoms with Crippen LogP contribution in [-0.2, 0) is 6.42 Å². The molecule has 1 atom stereocenters. The molecule has 0 fully saturated rings. The number of hydrogen-bond acceptors (Lipinski definition) is 2. The summed E-state index contributed by atoms with van der Waals surface area (Å²) in [6.45, 7) is 4.11. The van der Waals surface area contributed by atoms with E-state index in [1.165, 1.54) is 5.56 Å². The van der Waals surface area contributed by atoms with Gasteiger partial charge in [0.2, 0.25) is 0 Å². The van der Waals surface area contributed by atoms with Crippen molar-refractivity contribution in [2.24, 2.45) is 5.73 Å². The maximum atomic E-state index is 5.81. The van der Waals surface area contributed by atoms with Crippen molar-refractivity contribution in [2.75, 3.05) is 7.11 Å². The van der Waals surface area contributed by atoms with Crippen LogP contribution in [0.4, 0.5) is 0 Å². The average molecular weight is 179 g/mol. The number of benzene rings is 1. The molecule has 2 heteroatoms. The van der Waals surface area contributed by atoms with E-state index in [2.05, 4.69) is 13.0 Å². The molecule has 72 valence electrons. The van der Waals surface area contributed by atoms with Gasteiger partial charge in [0.15, 0.2) is 0 Å². The number of methoxy groups -OCH3 is 1. The summed E-state index contributed by atoms with van der Waals surface area (Å²) in [5.74, 6) is 0.895. The van der Waals surface area contributed by atoms with Crippen LogP contribution in [0.2, 0.25) is 0 Å². The SMILES string of the molecule is CCc1cc(OC)cc(C(C)N)c1. The van der Waals surface area contributed by atoms with E-state index in [0.717, 1.165) is 17.7 Å². The Morgan fingerprint density at radius 3 is 2.54 bits per heavy atom. The Balaban J connectivity index is 3.07. The van der Waals surface area contributed by atoms with E-state index < -0.39 is 0 Å².